The molecule has 1 aliphatic heterocycles. The van der Waals surface area contributed by atoms with Crippen molar-refractivity contribution in [2.75, 3.05) is 12.8 Å². The Morgan fingerprint density at radius 3 is 2.60 bits per heavy atom. The van der Waals surface area contributed by atoms with Gasteiger partial charge in [0, 0.05) is 61.2 Å². The van der Waals surface area contributed by atoms with Crippen molar-refractivity contribution in [1.82, 2.24) is 19.9 Å². The summed E-state index contributed by atoms with van der Waals surface area (Å²) in [6, 6.07) is 12.9. The highest BCUT2D eigenvalue weighted by Crippen LogP contribution is 2.38. The third-order valence-electron chi connectivity index (χ3n) is 5.74. The van der Waals surface area contributed by atoms with Crippen LogP contribution >= 0.6 is 0 Å². The normalized spacial score (nSPS) is 17.0. The van der Waals surface area contributed by atoms with Gasteiger partial charge in [-0.2, -0.15) is 0 Å². The molecule has 0 radical (unpaired) electrons. The summed E-state index contributed by atoms with van der Waals surface area (Å²) in [5, 5.41) is 0. The van der Waals surface area contributed by atoms with Crippen LogP contribution in [-0.4, -0.2) is 41.1 Å². The maximum absolute atomic E-state index is 11.7. The summed E-state index contributed by atoms with van der Waals surface area (Å²) < 4.78 is 23.3. The van der Waals surface area contributed by atoms with Crippen molar-refractivity contribution in [3.8, 4) is 11.3 Å². The second kappa shape index (κ2) is 7.56. The van der Waals surface area contributed by atoms with Gasteiger partial charge in [0.2, 0.25) is 0 Å². The fourth-order valence-corrected chi connectivity index (χ4v) is 4.52. The first kappa shape index (κ1) is 19.3. The van der Waals surface area contributed by atoms with E-state index in [1.165, 1.54) is 30.4 Å². The molecule has 0 spiro atoms. The molecule has 5 rings (SSSR count). The van der Waals surface area contributed by atoms with E-state index in [0.29, 0.717) is 10.8 Å². The van der Waals surface area contributed by atoms with Gasteiger partial charge in [-0.15, -0.1) is 0 Å². The van der Waals surface area contributed by atoms with Crippen LogP contribution in [0.4, 0.5) is 0 Å². The number of hydrogen-bond donors (Lipinski definition) is 0. The molecule has 154 valence electrons. The Balaban J connectivity index is 1.30. The Bertz CT molecular complexity index is 1190. The minimum atomic E-state index is -3.20. The molecule has 1 aliphatic carbocycles. The Morgan fingerprint density at radius 2 is 1.87 bits per heavy atom. The summed E-state index contributed by atoms with van der Waals surface area (Å²) in [6.07, 6.45) is 6.63. The summed E-state index contributed by atoms with van der Waals surface area (Å²) in [4.78, 5) is 16.9. The second-order valence-electron chi connectivity index (χ2n) is 8.25. The molecule has 3 heterocycles. The van der Waals surface area contributed by atoms with Crippen molar-refractivity contribution in [2.45, 2.75) is 43.2 Å². The average molecular weight is 421 g/mol. The van der Waals surface area contributed by atoms with Crippen LogP contribution in [0.25, 0.3) is 11.3 Å². The Morgan fingerprint density at radius 1 is 1.07 bits per heavy atom. The number of benzene rings is 1. The van der Waals surface area contributed by atoms with E-state index in [1.807, 2.05) is 36.5 Å². The molecule has 2 aromatic heterocycles. The lowest BCUT2D eigenvalue weighted by molar-refractivity contribution is 0.240. The molecular weight excluding hydrogens is 396 g/mol. The lowest BCUT2D eigenvalue weighted by Gasteiger charge is -2.27. The number of sulfone groups is 1. The van der Waals surface area contributed by atoms with Crippen LogP contribution in [0.1, 0.15) is 41.5 Å². The summed E-state index contributed by atoms with van der Waals surface area (Å²) in [7, 11) is -3.20. The lowest BCUT2D eigenvalue weighted by atomic mass is 10.1. The first-order chi connectivity index (χ1) is 14.5. The van der Waals surface area contributed by atoms with Gasteiger partial charge in [0.05, 0.1) is 16.3 Å². The molecule has 3 aromatic rings. The van der Waals surface area contributed by atoms with Crippen molar-refractivity contribution in [3.05, 3.63) is 71.4 Å². The number of nitrogens with zero attached hydrogens (tertiary/aromatic N) is 4. The summed E-state index contributed by atoms with van der Waals surface area (Å²) in [5.41, 5.74) is 5.18. The van der Waals surface area contributed by atoms with Crippen molar-refractivity contribution >= 4 is 9.84 Å². The smallest absolute Gasteiger partial charge is 0.175 e. The predicted octanol–water partition coefficient (Wildman–Crippen LogP) is 3.38. The summed E-state index contributed by atoms with van der Waals surface area (Å²) >= 11 is 0. The first-order valence-corrected chi connectivity index (χ1v) is 12.2. The molecule has 7 heteroatoms. The molecule has 6 nitrogen and oxygen atoms in total. The SMILES string of the molecule is CS(=O)(=O)c1ccc(-c2cccc(CN3CCc4nc(C5CC5)ncc4C3)n2)cc1. The number of fused-ring (bicyclic) bond motifs is 1. The first-order valence-electron chi connectivity index (χ1n) is 10.3. The Kier molecular flexibility index (Phi) is 4.87. The van der Waals surface area contributed by atoms with Crippen LogP contribution < -0.4 is 0 Å². The van der Waals surface area contributed by atoms with Gasteiger partial charge >= 0.3 is 0 Å². The largest absolute Gasteiger partial charge is 0.293 e. The topological polar surface area (TPSA) is 76.1 Å². The van der Waals surface area contributed by atoms with E-state index in [2.05, 4.69) is 9.88 Å². The van der Waals surface area contributed by atoms with E-state index < -0.39 is 9.84 Å². The van der Waals surface area contributed by atoms with Gasteiger partial charge in [-0.25, -0.2) is 18.4 Å². The maximum atomic E-state index is 11.7. The van der Waals surface area contributed by atoms with E-state index in [0.717, 1.165) is 48.8 Å². The third kappa shape index (κ3) is 4.13. The van der Waals surface area contributed by atoms with E-state index in [9.17, 15) is 8.42 Å². The maximum Gasteiger partial charge on any atom is 0.175 e. The highest BCUT2D eigenvalue weighted by atomic mass is 32.2. The van der Waals surface area contributed by atoms with Crippen molar-refractivity contribution in [2.24, 2.45) is 0 Å². The van der Waals surface area contributed by atoms with E-state index in [-0.39, 0.29) is 0 Å². The number of rotatable bonds is 5. The van der Waals surface area contributed by atoms with Crippen LogP contribution in [0.15, 0.2) is 53.6 Å². The lowest BCUT2D eigenvalue weighted by Crippen LogP contribution is -2.31. The molecule has 30 heavy (non-hydrogen) atoms. The molecule has 0 bridgehead atoms. The van der Waals surface area contributed by atoms with Crippen LogP contribution in [0, 0.1) is 0 Å². The van der Waals surface area contributed by atoms with Gasteiger partial charge in [0.1, 0.15) is 5.82 Å². The van der Waals surface area contributed by atoms with Crippen LogP contribution in [0.5, 0.6) is 0 Å². The minimum Gasteiger partial charge on any atom is -0.293 e. The molecule has 0 N–H and O–H groups in total. The van der Waals surface area contributed by atoms with Gasteiger partial charge in [-0.05, 0) is 37.1 Å². The summed E-state index contributed by atoms with van der Waals surface area (Å²) in [5.74, 6) is 1.62. The zero-order valence-electron chi connectivity index (χ0n) is 17.0. The molecule has 0 saturated heterocycles. The molecule has 0 unspecified atom stereocenters. The fraction of sp³-hybridized carbons (Fsp3) is 0.348. The van der Waals surface area contributed by atoms with Gasteiger partial charge in [0.15, 0.2) is 9.84 Å². The van der Waals surface area contributed by atoms with E-state index in [1.54, 1.807) is 12.1 Å². The van der Waals surface area contributed by atoms with Gasteiger partial charge in [-0.3, -0.25) is 9.88 Å². The zero-order chi connectivity index (χ0) is 20.7. The zero-order valence-corrected chi connectivity index (χ0v) is 17.8. The molecule has 1 aromatic carbocycles. The van der Waals surface area contributed by atoms with Gasteiger partial charge < -0.3 is 0 Å². The third-order valence-corrected chi connectivity index (χ3v) is 6.87. The number of pyridine rings is 1. The highest BCUT2D eigenvalue weighted by Gasteiger charge is 2.28. The molecule has 2 aliphatic rings. The highest BCUT2D eigenvalue weighted by molar-refractivity contribution is 7.90. The van der Waals surface area contributed by atoms with Crippen molar-refractivity contribution in [3.63, 3.8) is 0 Å². The van der Waals surface area contributed by atoms with E-state index >= 15 is 0 Å². The minimum absolute atomic E-state index is 0.321. The Hall–Kier alpha value is -2.64. The quantitative estimate of drug-likeness (QED) is 0.630. The van der Waals surface area contributed by atoms with Crippen LogP contribution in [0.2, 0.25) is 0 Å². The van der Waals surface area contributed by atoms with Crippen LogP contribution in [-0.2, 0) is 29.3 Å². The summed E-state index contributed by atoms with van der Waals surface area (Å²) in [6.45, 7) is 2.57. The molecule has 0 atom stereocenters. The fourth-order valence-electron chi connectivity index (χ4n) is 3.89. The molecule has 0 amide bonds. The second-order valence-corrected chi connectivity index (χ2v) is 10.3. The van der Waals surface area contributed by atoms with Crippen molar-refractivity contribution in [1.29, 1.82) is 0 Å². The predicted molar refractivity (Wildman–Crippen MR) is 115 cm³/mol. The molecule has 1 fully saturated rings. The van der Waals surface area contributed by atoms with Crippen LogP contribution in [0.3, 0.4) is 0 Å². The average Bonchev–Trinajstić information content (AvgIpc) is 3.59. The Labute approximate surface area is 176 Å². The number of hydrogen-bond acceptors (Lipinski definition) is 6. The van der Waals surface area contributed by atoms with Crippen molar-refractivity contribution < 1.29 is 8.42 Å². The monoisotopic (exact) mass is 420 g/mol. The molecular formula is C23H24N4O2S. The van der Waals surface area contributed by atoms with E-state index in [4.69, 9.17) is 9.97 Å². The molecule has 1 saturated carbocycles. The van der Waals surface area contributed by atoms with Gasteiger partial charge in [0.25, 0.3) is 0 Å². The standard InChI is InChI=1S/C23H24N4O2S/c1-30(28,29)20-9-7-16(8-10-20)21-4-2-3-19(25-21)15-27-12-11-22-18(14-27)13-24-23(26-22)17-5-6-17/h2-4,7-10,13,17H,5-6,11-12,14-15H2,1H3. The van der Waals surface area contributed by atoms with Gasteiger partial charge in [-0.1, -0.05) is 18.2 Å². The number of aromatic nitrogens is 3.